The lowest BCUT2D eigenvalue weighted by Crippen LogP contribution is -2.41. The Morgan fingerprint density at radius 1 is 1.19 bits per heavy atom. The van der Waals surface area contributed by atoms with E-state index in [4.69, 9.17) is 0 Å². The second kappa shape index (κ2) is 6.90. The van der Waals surface area contributed by atoms with E-state index in [2.05, 4.69) is 23.3 Å². The summed E-state index contributed by atoms with van der Waals surface area (Å²) in [7, 11) is 1.67. The average Bonchev–Trinajstić information content (AvgIpc) is 2.69. The molecule has 0 radical (unpaired) electrons. The SMILES string of the molecule is Cn1nc2c(cc1=O)C[C@@H](C(=O)N1CC=C(c3ccccc3)CC1)CC2. The number of hydrogen-bond acceptors (Lipinski definition) is 3. The quantitative estimate of drug-likeness (QED) is 0.835. The number of hydrogen-bond donors (Lipinski definition) is 0. The molecule has 0 bridgehead atoms. The van der Waals surface area contributed by atoms with Crippen molar-refractivity contribution in [3.63, 3.8) is 0 Å². The van der Waals surface area contributed by atoms with E-state index in [-0.39, 0.29) is 17.4 Å². The van der Waals surface area contributed by atoms with E-state index < -0.39 is 0 Å². The summed E-state index contributed by atoms with van der Waals surface area (Å²) in [5, 5.41) is 4.33. The molecule has 2 aliphatic rings. The van der Waals surface area contributed by atoms with Crippen LogP contribution >= 0.6 is 0 Å². The molecule has 1 aliphatic heterocycles. The van der Waals surface area contributed by atoms with Crippen molar-refractivity contribution in [2.24, 2.45) is 13.0 Å². The van der Waals surface area contributed by atoms with Gasteiger partial charge in [0.25, 0.3) is 5.56 Å². The van der Waals surface area contributed by atoms with Gasteiger partial charge in [0.2, 0.25) is 5.91 Å². The van der Waals surface area contributed by atoms with Gasteiger partial charge in [-0.2, -0.15) is 5.10 Å². The zero-order valence-corrected chi connectivity index (χ0v) is 15.0. The molecular formula is C21H23N3O2. The summed E-state index contributed by atoms with van der Waals surface area (Å²) in [4.78, 5) is 26.7. The van der Waals surface area contributed by atoms with E-state index in [0.717, 1.165) is 37.1 Å². The van der Waals surface area contributed by atoms with Crippen LogP contribution in [0, 0.1) is 5.92 Å². The van der Waals surface area contributed by atoms with Gasteiger partial charge in [0, 0.05) is 32.1 Å². The van der Waals surface area contributed by atoms with Gasteiger partial charge in [-0.3, -0.25) is 9.59 Å². The lowest BCUT2D eigenvalue weighted by molar-refractivity contribution is -0.135. The average molecular weight is 349 g/mol. The van der Waals surface area contributed by atoms with E-state index in [0.29, 0.717) is 13.0 Å². The minimum Gasteiger partial charge on any atom is -0.338 e. The molecule has 1 aliphatic carbocycles. The Morgan fingerprint density at radius 3 is 2.73 bits per heavy atom. The van der Waals surface area contributed by atoms with Crippen molar-refractivity contribution in [1.82, 2.24) is 14.7 Å². The molecule has 2 heterocycles. The number of benzene rings is 1. The highest BCUT2D eigenvalue weighted by molar-refractivity contribution is 5.81. The van der Waals surface area contributed by atoms with Crippen LogP contribution < -0.4 is 5.56 Å². The van der Waals surface area contributed by atoms with Gasteiger partial charge >= 0.3 is 0 Å². The first-order valence-electron chi connectivity index (χ1n) is 9.21. The molecule has 5 nitrogen and oxygen atoms in total. The molecule has 134 valence electrons. The number of fused-ring (bicyclic) bond motifs is 1. The largest absolute Gasteiger partial charge is 0.338 e. The van der Waals surface area contributed by atoms with Crippen LogP contribution in [0.4, 0.5) is 0 Å². The molecular weight excluding hydrogens is 326 g/mol. The number of nitrogens with zero attached hydrogens (tertiary/aromatic N) is 3. The Balaban J connectivity index is 1.45. The number of aryl methyl sites for hydroxylation is 2. The first-order valence-corrected chi connectivity index (χ1v) is 9.21. The highest BCUT2D eigenvalue weighted by Crippen LogP contribution is 2.27. The van der Waals surface area contributed by atoms with Crippen LogP contribution in [0.15, 0.2) is 47.3 Å². The Kier molecular flexibility index (Phi) is 4.45. The summed E-state index contributed by atoms with van der Waals surface area (Å²) >= 11 is 0. The van der Waals surface area contributed by atoms with Gasteiger partial charge in [-0.05, 0) is 42.4 Å². The first kappa shape index (κ1) is 16.8. The minimum absolute atomic E-state index is 0.0388. The zero-order chi connectivity index (χ0) is 18.1. The fourth-order valence-electron chi connectivity index (χ4n) is 3.94. The summed E-state index contributed by atoms with van der Waals surface area (Å²) in [6, 6.07) is 12.0. The molecule has 1 amide bonds. The Morgan fingerprint density at radius 2 is 2.00 bits per heavy atom. The molecule has 0 unspecified atom stereocenters. The van der Waals surface area contributed by atoms with Gasteiger partial charge in [-0.15, -0.1) is 0 Å². The van der Waals surface area contributed by atoms with Crippen LogP contribution in [-0.4, -0.2) is 33.7 Å². The lowest BCUT2D eigenvalue weighted by Gasteiger charge is -2.32. The van der Waals surface area contributed by atoms with Crippen LogP contribution in [-0.2, 0) is 24.7 Å². The van der Waals surface area contributed by atoms with E-state index in [1.54, 1.807) is 13.1 Å². The van der Waals surface area contributed by atoms with E-state index in [1.807, 2.05) is 23.1 Å². The van der Waals surface area contributed by atoms with Crippen LogP contribution in [0.25, 0.3) is 5.57 Å². The third-order valence-electron chi connectivity index (χ3n) is 5.47. The molecule has 0 saturated carbocycles. The second-order valence-electron chi connectivity index (χ2n) is 7.15. The van der Waals surface area contributed by atoms with Crippen LogP contribution in [0.1, 0.15) is 29.7 Å². The van der Waals surface area contributed by atoms with Gasteiger partial charge in [-0.1, -0.05) is 36.4 Å². The van der Waals surface area contributed by atoms with Gasteiger partial charge in [-0.25, -0.2) is 4.68 Å². The van der Waals surface area contributed by atoms with Gasteiger partial charge in [0.05, 0.1) is 5.69 Å². The van der Waals surface area contributed by atoms with Crippen molar-refractivity contribution in [3.05, 3.63) is 69.6 Å². The van der Waals surface area contributed by atoms with Crippen molar-refractivity contribution in [1.29, 1.82) is 0 Å². The molecule has 0 fully saturated rings. The van der Waals surface area contributed by atoms with Crippen molar-refractivity contribution >= 4 is 11.5 Å². The Hall–Kier alpha value is -2.69. The molecule has 0 N–H and O–H groups in total. The topological polar surface area (TPSA) is 55.2 Å². The molecule has 1 atom stereocenters. The van der Waals surface area contributed by atoms with Gasteiger partial charge in [0.1, 0.15) is 0 Å². The highest BCUT2D eigenvalue weighted by Gasteiger charge is 2.30. The van der Waals surface area contributed by atoms with Crippen molar-refractivity contribution < 1.29 is 4.79 Å². The summed E-state index contributed by atoms with van der Waals surface area (Å²) in [6.45, 7) is 1.43. The molecule has 1 aromatic carbocycles. The molecule has 26 heavy (non-hydrogen) atoms. The van der Waals surface area contributed by atoms with E-state index in [9.17, 15) is 9.59 Å². The number of carbonyl (C=O) groups is 1. The van der Waals surface area contributed by atoms with Crippen LogP contribution in [0.2, 0.25) is 0 Å². The summed E-state index contributed by atoms with van der Waals surface area (Å²) in [5.74, 6) is 0.169. The third kappa shape index (κ3) is 3.21. The van der Waals surface area contributed by atoms with Gasteiger partial charge in [0.15, 0.2) is 0 Å². The Bertz CT molecular complexity index is 915. The summed E-state index contributed by atoms with van der Waals surface area (Å²) < 4.78 is 1.38. The first-order chi connectivity index (χ1) is 12.6. The molecule has 0 saturated heterocycles. The van der Waals surface area contributed by atoms with E-state index >= 15 is 0 Å². The second-order valence-corrected chi connectivity index (χ2v) is 7.15. The smallest absolute Gasteiger partial charge is 0.266 e. The van der Waals surface area contributed by atoms with Crippen molar-refractivity contribution in [2.75, 3.05) is 13.1 Å². The maximum absolute atomic E-state index is 13.0. The third-order valence-corrected chi connectivity index (χ3v) is 5.47. The number of rotatable bonds is 2. The van der Waals surface area contributed by atoms with Gasteiger partial charge < -0.3 is 4.90 Å². The molecule has 0 spiro atoms. The predicted molar refractivity (Wildman–Crippen MR) is 101 cm³/mol. The fourth-order valence-corrected chi connectivity index (χ4v) is 3.94. The summed E-state index contributed by atoms with van der Waals surface area (Å²) in [5.41, 5.74) is 4.35. The van der Waals surface area contributed by atoms with Crippen LogP contribution in [0.5, 0.6) is 0 Å². The molecule has 4 rings (SSSR count). The fraction of sp³-hybridized carbons (Fsp3) is 0.381. The minimum atomic E-state index is -0.106. The standard InChI is InChI=1S/C21H23N3O2/c1-23-20(25)14-18-13-17(7-8-19(18)22-23)21(26)24-11-9-16(10-12-24)15-5-3-2-4-6-15/h2-6,9,14,17H,7-8,10-13H2,1H3/t17-/m0/s1. The normalized spacial score (nSPS) is 19.7. The molecule has 5 heteroatoms. The maximum Gasteiger partial charge on any atom is 0.266 e. The molecule has 2 aromatic rings. The van der Waals surface area contributed by atoms with Crippen molar-refractivity contribution in [3.8, 4) is 0 Å². The molecule has 1 aromatic heterocycles. The lowest BCUT2D eigenvalue weighted by atomic mass is 9.85. The highest BCUT2D eigenvalue weighted by atomic mass is 16.2. The summed E-state index contributed by atoms with van der Waals surface area (Å²) in [6.07, 6.45) is 5.26. The van der Waals surface area contributed by atoms with Crippen LogP contribution in [0.3, 0.4) is 0 Å². The van der Waals surface area contributed by atoms with E-state index in [1.165, 1.54) is 15.8 Å². The number of amides is 1. The monoisotopic (exact) mass is 349 g/mol. The Labute approximate surface area is 153 Å². The zero-order valence-electron chi connectivity index (χ0n) is 15.0. The van der Waals surface area contributed by atoms with Crippen molar-refractivity contribution in [2.45, 2.75) is 25.7 Å². The number of aromatic nitrogens is 2. The predicted octanol–water partition coefficient (Wildman–Crippen LogP) is 2.20. The number of carbonyl (C=O) groups excluding carboxylic acids is 1. The maximum atomic E-state index is 13.0.